The maximum absolute atomic E-state index is 13.1. The van der Waals surface area contributed by atoms with Crippen molar-refractivity contribution in [3.8, 4) is 28.1 Å². The van der Waals surface area contributed by atoms with Gasteiger partial charge in [-0.2, -0.15) is 0 Å². The van der Waals surface area contributed by atoms with Crippen LogP contribution in [0.15, 0.2) is 115 Å². The van der Waals surface area contributed by atoms with E-state index in [0.29, 0.717) is 37.1 Å². The van der Waals surface area contributed by atoms with E-state index in [9.17, 15) is 4.79 Å². The molecule has 4 aromatic carbocycles. The van der Waals surface area contributed by atoms with E-state index in [-0.39, 0.29) is 12.5 Å². The molecule has 0 radical (unpaired) electrons. The summed E-state index contributed by atoms with van der Waals surface area (Å²) < 4.78 is 17.6. The Hall–Kier alpha value is -5.47. The van der Waals surface area contributed by atoms with Crippen LogP contribution in [-0.4, -0.2) is 35.9 Å². The Morgan fingerprint density at radius 3 is 2.58 bits per heavy atom. The number of ether oxygens (including phenoxy) is 3. The zero-order valence-electron chi connectivity index (χ0n) is 24.6. The zero-order chi connectivity index (χ0) is 30.4. The molecular weight excluding hydrogens is 564 g/mol. The van der Waals surface area contributed by atoms with Crippen LogP contribution >= 0.6 is 0 Å². The Balaban J connectivity index is 1.11. The van der Waals surface area contributed by atoms with Crippen LogP contribution in [0.5, 0.6) is 5.75 Å². The van der Waals surface area contributed by atoms with Crippen LogP contribution in [0.1, 0.15) is 29.0 Å². The number of amides is 1. The lowest BCUT2D eigenvalue weighted by Gasteiger charge is -2.16. The zero-order valence-corrected chi connectivity index (χ0v) is 24.6. The Bertz CT molecular complexity index is 1830. The highest BCUT2D eigenvalue weighted by Gasteiger charge is 2.29. The summed E-state index contributed by atoms with van der Waals surface area (Å²) in [5.74, 6) is 1.18. The number of benzene rings is 4. The Kier molecular flexibility index (Phi) is 8.20. The molecule has 1 aliphatic heterocycles. The molecule has 0 saturated heterocycles. The quantitative estimate of drug-likeness (QED) is 0.203. The van der Waals surface area contributed by atoms with Gasteiger partial charge in [0, 0.05) is 29.1 Å². The molecule has 0 atom stereocenters. The maximum Gasteiger partial charge on any atom is 0.411 e. The van der Waals surface area contributed by atoms with E-state index in [1.165, 1.54) is 22.3 Å². The first kappa shape index (κ1) is 28.3. The van der Waals surface area contributed by atoms with Gasteiger partial charge in [-0.15, -0.1) is 0 Å². The molecule has 45 heavy (non-hydrogen) atoms. The molecule has 8 nitrogen and oxygen atoms in total. The second-order valence-corrected chi connectivity index (χ2v) is 10.9. The van der Waals surface area contributed by atoms with Crippen molar-refractivity contribution in [1.82, 2.24) is 9.97 Å². The van der Waals surface area contributed by atoms with E-state index < -0.39 is 6.09 Å². The summed E-state index contributed by atoms with van der Waals surface area (Å²) in [6, 6.07) is 31.9. The SMILES string of the molecule is O=C(Nc1cc2cc(c1)Nc1nccc(n1)-c1cccc(c1)OCC/C=C/COC2)OCC1c2ccccc2-c2ccccc21. The van der Waals surface area contributed by atoms with Gasteiger partial charge in [-0.3, -0.25) is 5.32 Å². The van der Waals surface area contributed by atoms with Crippen LogP contribution in [0.25, 0.3) is 22.4 Å². The summed E-state index contributed by atoms with van der Waals surface area (Å²) >= 11 is 0. The molecule has 2 N–H and O–H groups in total. The fraction of sp³-hybridized carbons (Fsp3) is 0.162. The molecule has 5 aromatic rings. The first-order valence-corrected chi connectivity index (χ1v) is 15.0. The molecule has 1 amide bonds. The van der Waals surface area contributed by atoms with Crippen LogP contribution in [0.3, 0.4) is 0 Å². The molecule has 224 valence electrons. The minimum absolute atomic E-state index is 0.0230. The second kappa shape index (κ2) is 13.0. The molecule has 0 saturated carbocycles. The summed E-state index contributed by atoms with van der Waals surface area (Å²) in [4.78, 5) is 22.3. The normalized spacial score (nSPS) is 14.8. The first-order chi connectivity index (χ1) is 22.2. The number of hydrogen-bond acceptors (Lipinski definition) is 7. The Labute approximate surface area is 261 Å². The van der Waals surface area contributed by atoms with Gasteiger partial charge in [0.2, 0.25) is 5.95 Å². The summed E-state index contributed by atoms with van der Waals surface area (Å²) in [6.45, 7) is 1.59. The van der Waals surface area contributed by atoms with Crippen molar-refractivity contribution in [2.75, 3.05) is 30.5 Å². The fourth-order valence-corrected chi connectivity index (χ4v) is 5.80. The lowest BCUT2D eigenvalue weighted by atomic mass is 9.98. The molecule has 2 heterocycles. The number of carbonyl (C=O) groups is 1. The van der Waals surface area contributed by atoms with Gasteiger partial charge in [-0.05, 0) is 70.6 Å². The van der Waals surface area contributed by atoms with E-state index in [1.54, 1.807) is 6.20 Å². The van der Waals surface area contributed by atoms with E-state index >= 15 is 0 Å². The molecule has 6 bridgehead atoms. The highest BCUT2D eigenvalue weighted by atomic mass is 16.5. The highest BCUT2D eigenvalue weighted by Crippen LogP contribution is 2.44. The van der Waals surface area contributed by atoms with Crippen molar-refractivity contribution in [1.29, 1.82) is 0 Å². The average molecular weight is 597 g/mol. The minimum Gasteiger partial charge on any atom is -0.493 e. The number of carbonyl (C=O) groups excluding carboxylic acids is 1. The van der Waals surface area contributed by atoms with Gasteiger partial charge >= 0.3 is 6.09 Å². The summed E-state index contributed by atoms with van der Waals surface area (Å²) in [5.41, 5.74) is 8.53. The maximum atomic E-state index is 13.1. The second-order valence-electron chi connectivity index (χ2n) is 10.9. The van der Waals surface area contributed by atoms with Crippen LogP contribution in [0.2, 0.25) is 0 Å². The standard InChI is InChI=1S/C37H32N4O4/c42-37(45-24-34-32-13-4-2-11-30(32)31-12-3-5-14-33(31)34)40-28-20-25-19-27(22-28)39-36-38-16-15-35(41-36)26-9-8-10-29(21-26)44-18-7-1-6-17-43-23-25/h1-6,8-16,19-22,34H,7,17-18,23-24H2,(H,40,42)(H,38,39,41)/b6-1+. The van der Waals surface area contributed by atoms with Crippen molar-refractivity contribution in [2.45, 2.75) is 18.9 Å². The predicted octanol–water partition coefficient (Wildman–Crippen LogP) is 8.10. The largest absolute Gasteiger partial charge is 0.493 e. The Morgan fingerprint density at radius 1 is 0.911 bits per heavy atom. The van der Waals surface area contributed by atoms with Crippen molar-refractivity contribution < 1.29 is 19.0 Å². The monoisotopic (exact) mass is 596 g/mol. The van der Waals surface area contributed by atoms with Gasteiger partial charge in [0.05, 0.1) is 25.5 Å². The lowest BCUT2D eigenvalue weighted by molar-refractivity contribution is 0.148. The third kappa shape index (κ3) is 6.56. The number of nitrogens with one attached hydrogen (secondary N) is 2. The summed E-state index contributed by atoms with van der Waals surface area (Å²) in [7, 11) is 0. The molecular formula is C37H32N4O4. The van der Waals surface area contributed by atoms with E-state index in [0.717, 1.165) is 29.0 Å². The number of aromatic nitrogens is 2. The van der Waals surface area contributed by atoms with Crippen LogP contribution in [-0.2, 0) is 16.1 Å². The van der Waals surface area contributed by atoms with Crippen molar-refractivity contribution in [3.63, 3.8) is 0 Å². The molecule has 1 aliphatic carbocycles. The molecule has 0 fully saturated rings. The van der Waals surface area contributed by atoms with Crippen molar-refractivity contribution >= 4 is 23.4 Å². The number of nitrogens with zero attached hydrogens (tertiary/aromatic N) is 2. The molecule has 0 unspecified atom stereocenters. The van der Waals surface area contributed by atoms with Gasteiger partial charge in [0.1, 0.15) is 12.4 Å². The van der Waals surface area contributed by atoms with Crippen molar-refractivity contribution in [3.05, 3.63) is 132 Å². The highest BCUT2D eigenvalue weighted by molar-refractivity contribution is 5.86. The van der Waals surface area contributed by atoms with Gasteiger partial charge in [0.15, 0.2) is 0 Å². The van der Waals surface area contributed by atoms with Crippen molar-refractivity contribution in [2.24, 2.45) is 0 Å². The number of anilines is 3. The van der Waals surface area contributed by atoms with E-state index in [1.807, 2.05) is 84.9 Å². The number of fused-ring (bicyclic) bond motifs is 10. The lowest BCUT2D eigenvalue weighted by Crippen LogP contribution is -2.18. The summed E-state index contributed by atoms with van der Waals surface area (Å²) in [5, 5.41) is 6.21. The molecule has 0 spiro atoms. The van der Waals surface area contributed by atoms with Gasteiger partial charge < -0.3 is 19.5 Å². The van der Waals surface area contributed by atoms with Crippen LogP contribution in [0, 0.1) is 0 Å². The predicted molar refractivity (Wildman–Crippen MR) is 175 cm³/mol. The van der Waals surface area contributed by atoms with Gasteiger partial charge in [-0.25, -0.2) is 14.8 Å². The topological polar surface area (TPSA) is 94.6 Å². The number of rotatable bonds is 3. The van der Waals surface area contributed by atoms with Gasteiger partial charge in [0.25, 0.3) is 0 Å². The first-order valence-electron chi connectivity index (χ1n) is 15.0. The van der Waals surface area contributed by atoms with Crippen LogP contribution < -0.4 is 15.4 Å². The average Bonchev–Trinajstić information content (AvgIpc) is 3.38. The molecule has 1 aromatic heterocycles. The molecule has 7 rings (SSSR count). The third-order valence-electron chi connectivity index (χ3n) is 7.83. The smallest absolute Gasteiger partial charge is 0.411 e. The minimum atomic E-state index is -0.529. The third-order valence-corrected chi connectivity index (χ3v) is 7.83. The summed E-state index contributed by atoms with van der Waals surface area (Å²) in [6.07, 6.45) is 5.98. The van der Waals surface area contributed by atoms with E-state index in [4.69, 9.17) is 19.2 Å². The fourth-order valence-electron chi connectivity index (χ4n) is 5.80. The van der Waals surface area contributed by atoms with Crippen LogP contribution in [0.4, 0.5) is 22.1 Å². The molecule has 2 aliphatic rings. The van der Waals surface area contributed by atoms with Gasteiger partial charge in [-0.1, -0.05) is 72.8 Å². The van der Waals surface area contributed by atoms with E-state index in [2.05, 4.69) is 39.9 Å². The molecule has 8 heteroatoms. The number of hydrogen-bond donors (Lipinski definition) is 2. The Morgan fingerprint density at radius 2 is 1.73 bits per heavy atom.